The number of rotatable bonds is 6. The molecule has 0 aliphatic carbocycles. The van der Waals surface area contributed by atoms with Crippen LogP contribution in [-0.2, 0) is 0 Å². The lowest BCUT2D eigenvalue weighted by Gasteiger charge is -2.20. The number of benzene rings is 1. The van der Waals surface area contributed by atoms with Crippen LogP contribution in [0.25, 0.3) is 10.9 Å². The van der Waals surface area contributed by atoms with E-state index in [4.69, 9.17) is 0 Å². The number of para-hydroxylation sites is 1. The lowest BCUT2D eigenvalue weighted by molar-refractivity contribution is 0.544. The molecule has 0 spiro atoms. The Morgan fingerprint density at radius 1 is 1.06 bits per heavy atom. The zero-order valence-electron chi connectivity index (χ0n) is 10.8. The van der Waals surface area contributed by atoms with Crippen LogP contribution >= 0.6 is 0 Å². The molecular weight excluding hydrogens is 208 g/mol. The third-order valence-corrected chi connectivity index (χ3v) is 3.20. The minimum Gasteiger partial charge on any atom is -0.323 e. The number of fused-ring (bicyclic) bond motifs is 1. The fourth-order valence-corrected chi connectivity index (χ4v) is 2.36. The van der Waals surface area contributed by atoms with Gasteiger partial charge in [0.05, 0.1) is 5.52 Å². The van der Waals surface area contributed by atoms with Gasteiger partial charge in [-0.15, -0.1) is 0 Å². The molecule has 0 aliphatic rings. The molecule has 1 aromatic heterocycles. The second kappa shape index (κ2) is 5.76. The Morgan fingerprint density at radius 2 is 1.76 bits per heavy atom. The van der Waals surface area contributed by atoms with Gasteiger partial charge in [-0.05, 0) is 25.0 Å². The van der Waals surface area contributed by atoms with Crippen LogP contribution in [0.2, 0.25) is 0 Å². The fraction of sp³-hybridized carbons (Fsp3) is 0.467. The van der Waals surface area contributed by atoms with Gasteiger partial charge in [-0.3, -0.25) is 4.68 Å². The van der Waals surface area contributed by atoms with Gasteiger partial charge in [0.25, 0.3) is 0 Å². The molecule has 2 heteroatoms. The Balaban J connectivity index is 2.15. The van der Waals surface area contributed by atoms with Crippen molar-refractivity contribution in [3.63, 3.8) is 0 Å². The van der Waals surface area contributed by atoms with E-state index in [1.54, 1.807) is 0 Å². The Kier molecular flexibility index (Phi) is 4.08. The molecule has 0 bridgehead atoms. The summed E-state index contributed by atoms with van der Waals surface area (Å²) in [4.78, 5) is 0. The third kappa shape index (κ3) is 2.82. The minimum atomic E-state index is 0.584. The smallest absolute Gasteiger partial charge is 0.0692 e. The molecule has 0 fully saturated rings. The van der Waals surface area contributed by atoms with Crippen molar-refractivity contribution in [2.75, 3.05) is 5.43 Å². The summed E-state index contributed by atoms with van der Waals surface area (Å²) >= 11 is 0. The quantitative estimate of drug-likeness (QED) is 0.788. The predicted octanol–water partition coefficient (Wildman–Crippen LogP) is 4.15. The van der Waals surface area contributed by atoms with E-state index in [0.717, 1.165) is 0 Å². The van der Waals surface area contributed by atoms with E-state index < -0.39 is 0 Å². The van der Waals surface area contributed by atoms with Gasteiger partial charge in [0, 0.05) is 17.6 Å². The SMILES string of the molecule is CCCC(CCC)Nn1ccc2ccccc21. The van der Waals surface area contributed by atoms with Crippen molar-refractivity contribution in [1.29, 1.82) is 0 Å². The molecule has 2 rings (SSSR count). The second-order valence-electron chi connectivity index (χ2n) is 4.65. The summed E-state index contributed by atoms with van der Waals surface area (Å²) in [6.07, 6.45) is 7.07. The molecule has 0 radical (unpaired) electrons. The second-order valence-corrected chi connectivity index (χ2v) is 4.65. The van der Waals surface area contributed by atoms with E-state index in [0.29, 0.717) is 6.04 Å². The summed E-state index contributed by atoms with van der Waals surface area (Å²) in [6, 6.07) is 11.2. The van der Waals surface area contributed by atoms with Crippen LogP contribution in [0.4, 0.5) is 0 Å². The zero-order chi connectivity index (χ0) is 12.1. The summed E-state index contributed by atoms with van der Waals surface area (Å²) in [6.45, 7) is 4.50. The summed E-state index contributed by atoms with van der Waals surface area (Å²) in [5, 5.41) is 1.30. The lowest BCUT2D eigenvalue weighted by Crippen LogP contribution is -2.27. The maximum atomic E-state index is 3.62. The highest BCUT2D eigenvalue weighted by molar-refractivity contribution is 5.80. The normalized spacial score (nSPS) is 11.2. The van der Waals surface area contributed by atoms with Gasteiger partial charge >= 0.3 is 0 Å². The van der Waals surface area contributed by atoms with Crippen molar-refractivity contribution in [3.05, 3.63) is 36.5 Å². The van der Waals surface area contributed by atoms with Crippen molar-refractivity contribution in [2.24, 2.45) is 0 Å². The van der Waals surface area contributed by atoms with Gasteiger partial charge < -0.3 is 5.43 Å². The standard InChI is InChI=1S/C15H22N2/c1-3-7-14(8-4-2)16-17-12-11-13-9-5-6-10-15(13)17/h5-6,9-12,14,16H,3-4,7-8H2,1-2H3. The van der Waals surface area contributed by atoms with Gasteiger partial charge in [0.1, 0.15) is 0 Å². The van der Waals surface area contributed by atoms with Crippen molar-refractivity contribution in [2.45, 2.75) is 45.6 Å². The van der Waals surface area contributed by atoms with Crippen molar-refractivity contribution in [1.82, 2.24) is 4.68 Å². The summed E-state index contributed by atoms with van der Waals surface area (Å²) in [5.74, 6) is 0. The minimum absolute atomic E-state index is 0.584. The van der Waals surface area contributed by atoms with E-state index in [1.165, 1.54) is 36.6 Å². The lowest BCUT2D eigenvalue weighted by atomic mass is 10.1. The predicted molar refractivity (Wildman–Crippen MR) is 74.9 cm³/mol. The fourth-order valence-electron chi connectivity index (χ4n) is 2.36. The van der Waals surface area contributed by atoms with E-state index in [2.05, 4.69) is 60.5 Å². The van der Waals surface area contributed by atoms with Crippen molar-refractivity contribution >= 4 is 10.9 Å². The monoisotopic (exact) mass is 230 g/mol. The van der Waals surface area contributed by atoms with Crippen molar-refractivity contribution in [3.8, 4) is 0 Å². The number of nitrogens with one attached hydrogen (secondary N) is 1. The molecule has 0 atom stereocenters. The molecule has 0 aliphatic heterocycles. The van der Waals surface area contributed by atoms with E-state index >= 15 is 0 Å². The summed E-state index contributed by atoms with van der Waals surface area (Å²) in [7, 11) is 0. The highest BCUT2D eigenvalue weighted by atomic mass is 15.4. The van der Waals surface area contributed by atoms with Crippen LogP contribution in [-0.4, -0.2) is 10.7 Å². The van der Waals surface area contributed by atoms with Gasteiger partial charge in [-0.2, -0.15) is 0 Å². The van der Waals surface area contributed by atoms with E-state index in [1.807, 2.05) is 0 Å². The number of nitrogens with zero attached hydrogens (tertiary/aromatic N) is 1. The first-order valence-corrected chi connectivity index (χ1v) is 6.67. The highest BCUT2D eigenvalue weighted by Crippen LogP contribution is 2.15. The molecule has 17 heavy (non-hydrogen) atoms. The van der Waals surface area contributed by atoms with E-state index in [9.17, 15) is 0 Å². The van der Waals surface area contributed by atoms with Crippen LogP contribution in [0.5, 0.6) is 0 Å². The summed E-state index contributed by atoms with van der Waals surface area (Å²) < 4.78 is 2.17. The van der Waals surface area contributed by atoms with Crippen LogP contribution in [0, 0.1) is 0 Å². The largest absolute Gasteiger partial charge is 0.323 e. The average Bonchev–Trinajstić information content (AvgIpc) is 2.74. The molecule has 0 unspecified atom stereocenters. The Bertz CT molecular complexity index is 453. The number of hydrogen-bond donors (Lipinski definition) is 1. The van der Waals surface area contributed by atoms with Gasteiger partial charge in [0.2, 0.25) is 0 Å². The van der Waals surface area contributed by atoms with Gasteiger partial charge in [-0.1, -0.05) is 44.9 Å². The molecule has 1 aromatic carbocycles. The first-order chi connectivity index (χ1) is 8.35. The van der Waals surface area contributed by atoms with Crippen LogP contribution in [0.15, 0.2) is 36.5 Å². The molecule has 0 saturated carbocycles. The first-order valence-electron chi connectivity index (χ1n) is 6.67. The molecule has 2 nitrogen and oxygen atoms in total. The maximum Gasteiger partial charge on any atom is 0.0692 e. The number of hydrogen-bond acceptors (Lipinski definition) is 1. The van der Waals surface area contributed by atoms with Crippen molar-refractivity contribution < 1.29 is 0 Å². The van der Waals surface area contributed by atoms with Gasteiger partial charge in [0.15, 0.2) is 0 Å². The molecule has 92 valence electrons. The van der Waals surface area contributed by atoms with Crippen LogP contribution in [0.1, 0.15) is 39.5 Å². The molecule has 2 aromatic rings. The Labute approximate surface area is 104 Å². The number of aromatic nitrogens is 1. The highest BCUT2D eigenvalue weighted by Gasteiger charge is 2.07. The third-order valence-electron chi connectivity index (χ3n) is 3.20. The van der Waals surface area contributed by atoms with Crippen LogP contribution in [0.3, 0.4) is 0 Å². The molecule has 1 N–H and O–H groups in total. The topological polar surface area (TPSA) is 17.0 Å². The molecule has 0 saturated heterocycles. The van der Waals surface area contributed by atoms with Gasteiger partial charge in [-0.25, -0.2) is 0 Å². The van der Waals surface area contributed by atoms with E-state index in [-0.39, 0.29) is 0 Å². The average molecular weight is 230 g/mol. The first kappa shape index (κ1) is 12.0. The molecule has 1 heterocycles. The summed E-state index contributed by atoms with van der Waals surface area (Å²) in [5.41, 5.74) is 4.89. The Hall–Kier alpha value is -1.44. The maximum absolute atomic E-state index is 3.62. The zero-order valence-corrected chi connectivity index (χ0v) is 10.8. The Morgan fingerprint density at radius 3 is 2.47 bits per heavy atom. The van der Waals surface area contributed by atoms with Crippen LogP contribution < -0.4 is 5.43 Å². The molecular formula is C15H22N2. The molecule has 0 amide bonds.